The molecule has 0 saturated carbocycles. The number of rotatable bonds is 0. The van der Waals surface area contributed by atoms with Gasteiger partial charge in [-0.25, -0.2) is 0 Å². The van der Waals surface area contributed by atoms with Crippen molar-refractivity contribution in [1.82, 2.24) is 0 Å². The van der Waals surface area contributed by atoms with Crippen LogP contribution in [0.5, 0.6) is 0 Å². The fourth-order valence-corrected chi connectivity index (χ4v) is 0. The molecule has 0 amide bonds. The van der Waals surface area contributed by atoms with Crippen molar-refractivity contribution < 1.29 is 19.5 Å². The van der Waals surface area contributed by atoms with Gasteiger partial charge in [0.05, 0.1) is 0 Å². The van der Waals surface area contributed by atoms with Gasteiger partial charge in [-0.3, -0.25) is 0 Å². The van der Waals surface area contributed by atoms with E-state index in [2.05, 4.69) is 0 Å². The van der Waals surface area contributed by atoms with Gasteiger partial charge in [0.2, 0.25) is 0 Å². The van der Waals surface area contributed by atoms with Crippen molar-refractivity contribution in [2.24, 2.45) is 0 Å². The van der Waals surface area contributed by atoms with Gasteiger partial charge >= 0.3 is 19.5 Å². The van der Waals surface area contributed by atoms with Gasteiger partial charge in [0.25, 0.3) is 0 Å². The monoisotopic (exact) mass is 166 g/mol. The maximum atomic E-state index is 0. The van der Waals surface area contributed by atoms with E-state index in [0.29, 0.717) is 0 Å². The normalized spacial score (nSPS) is 0. The van der Waals surface area contributed by atoms with Crippen LogP contribution >= 0.6 is 0 Å². The molecule has 0 aromatic rings. The van der Waals surface area contributed by atoms with E-state index in [1.54, 1.807) is 0 Å². The van der Waals surface area contributed by atoms with Crippen LogP contribution < -0.4 is 0 Å². The first kappa shape index (κ1) is 507. The van der Waals surface area contributed by atoms with Crippen LogP contribution in [0.4, 0.5) is 0 Å². The summed E-state index contributed by atoms with van der Waals surface area (Å²) in [5.74, 6) is 0. The van der Waals surface area contributed by atoms with E-state index in [-0.39, 0.29) is 44.1 Å². The van der Waals surface area contributed by atoms with E-state index in [1.165, 1.54) is 0 Å². The second kappa shape index (κ2) is 249. The summed E-state index contributed by atoms with van der Waals surface area (Å²) >= 11 is 0. The maximum absolute atomic E-state index is 0. The molecule has 0 aliphatic rings. The van der Waals surface area contributed by atoms with E-state index >= 15 is 0 Å². The molecular weight excluding hydrogens is 157 g/mol. The summed E-state index contributed by atoms with van der Waals surface area (Å²) < 4.78 is 0. The van der Waals surface area contributed by atoms with E-state index in [9.17, 15) is 0 Å². The number of hydrogen-bond acceptors (Lipinski definition) is 0. The predicted octanol–water partition coefficient (Wildman–Crippen LogP) is 2.87. The Bertz CT molecular complexity index is 3.61. The summed E-state index contributed by atoms with van der Waals surface area (Å²) in [7, 11) is 0. The van der Waals surface area contributed by atoms with Crippen molar-refractivity contribution in [3.63, 3.8) is 0 Å². The first-order valence-electron chi connectivity index (χ1n) is 0. The fourth-order valence-electron chi connectivity index (χ4n) is 0. The van der Waals surface area contributed by atoms with Crippen molar-refractivity contribution in [2.45, 2.75) is 0 Å². The van der Waals surface area contributed by atoms with Crippen LogP contribution in [-0.2, 0) is 19.5 Å². The van der Waals surface area contributed by atoms with E-state index in [1.807, 2.05) is 0 Å². The van der Waals surface area contributed by atoms with Gasteiger partial charge < -0.3 is 24.6 Å². The first-order valence-corrected chi connectivity index (χ1v) is 0. The molecule has 8 N–H and O–H groups in total. The van der Waals surface area contributed by atoms with Crippen molar-refractivity contribution in [3.8, 4) is 0 Å². The number of hydrogen-bond donors (Lipinski definition) is 0. The Labute approximate surface area is 44.8 Å². The molecule has 5 heteroatoms. The van der Waals surface area contributed by atoms with Crippen LogP contribution in [0.2, 0.25) is 0 Å². The Morgan fingerprint density at radius 3 is 0.400 bits per heavy atom. The second-order valence-corrected chi connectivity index (χ2v) is 0. The van der Waals surface area contributed by atoms with E-state index in [4.69, 9.17) is 0 Å². The topological polar surface area (TPSA) is 134 Å². The standard InChI is InChI=1S/4H2N.Ru/h4*1H2;/q4*-1;+4. The molecule has 0 heterocycles. The summed E-state index contributed by atoms with van der Waals surface area (Å²) in [5, 5.41) is 0. The Balaban J connectivity index is 0. The zero-order valence-corrected chi connectivity index (χ0v) is 4.40. The SMILES string of the molecule is [NH2-].[NH2-].[NH2-].[NH2-].[Ru+4]. The average Bonchev–Trinajstić information content (AvgIpc) is 0. The molecule has 4 nitrogen and oxygen atoms in total. The van der Waals surface area contributed by atoms with Crippen LogP contribution in [0.1, 0.15) is 0 Å². The van der Waals surface area contributed by atoms with Gasteiger partial charge in [-0.2, -0.15) is 0 Å². The largest absolute Gasteiger partial charge is 4.00 e. The number of nitrogens with two attached hydrogens (primary N) is 4. The van der Waals surface area contributed by atoms with Gasteiger partial charge in [0, 0.05) is 0 Å². The van der Waals surface area contributed by atoms with Crippen LogP contribution in [-0.4, -0.2) is 0 Å². The second-order valence-electron chi connectivity index (χ2n) is 0. The van der Waals surface area contributed by atoms with Gasteiger partial charge in [0.1, 0.15) is 0 Å². The Kier molecular flexibility index (Phi) is 25300. The summed E-state index contributed by atoms with van der Waals surface area (Å²) in [5.41, 5.74) is 0. The third-order valence-electron chi connectivity index (χ3n) is 0. The molecule has 0 atom stereocenters. The van der Waals surface area contributed by atoms with Crippen LogP contribution in [0.25, 0.3) is 24.6 Å². The van der Waals surface area contributed by atoms with Gasteiger partial charge in [0.15, 0.2) is 0 Å². The quantitative estimate of drug-likeness (QED) is 0.488. The van der Waals surface area contributed by atoms with Crippen molar-refractivity contribution >= 4 is 0 Å². The molecule has 0 spiro atoms. The summed E-state index contributed by atoms with van der Waals surface area (Å²) in [6, 6.07) is 0. The molecule has 0 bridgehead atoms. The molecule has 36 valence electrons. The molecule has 5 heavy (non-hydrogen) atoms. The van der Waals surface area contributed by atoms with Crippen LogP contribution in [0.3, 0.4) is 0 Å². The van der Waals surface area contributed by atoms with Crippen molar-refractivity contribution in [3.05, 3.63) is 24.6 Å². The minimum atomic E-state index is 0. The smallest absolute Gasteiger partial charge is 0.693 e. The third-order valence-corrected chi connectivity index (χ3v) is 0. The van der Waals surface area contributed by atoms with Crippen LogP contribution in [0, 0.1) is 0 Å². The summed E-state index contributed by atoms with van der Waals surface area (Å²) in [6.45, 7) is 0. The molecule has 0 aromatic heterocycles. The average molecular weight is 165 g/mol. The molecular formula is H8N4Ru. The molecule has 0 saturated heterocycles. The fraction of sp³-hybridized carbons (Fsp3) is 0. The van der Waals surface area contributed by atoms with Crippen LogP contribution in [0.15, 0.2) is 0 Å². The molecule has 0 unspecified atom stereocenters. The zero-order valence-electron chi connectivity index (χ0n) is 2.66. The summed E-state index contributed by atoms with van der Waals surface area (Å²) in [6.07, 6.45) is 0. The van der Waals surface area contributed by atoms with Gasteiger partial charge in [-0.05, 0) is 0 Å². The molecule has 0 rings (SSSR count). The Hall–Kier alpha value is 0.463. The maximum Gasteiger partial charge on any atom is 4.00 e. The molecule has 0 aromatic carbocycles. The molecule has 0 radical (unpaired) electrons. The van der Waals surface area contributed by atoms with E-state index in [0.717, 1.165) is 0 Å². The Morgan fingerprint density at radius 1 is 0.400 bits per heavy atom. The van der Waals surface area contributed by atoms with Gasteiger partial charge in [-0.15, -0.1) is 0 Å². The molecule has 0 aliphatic carbocycles. The molecule has 0 aliphatic heterocycles. The summed E-state index contributed by atoms with van der Waals surface area (Å²) in [4.78, 5) is 0. The zero-order chi connectivity index (χ0) is 0. The Morgan fingerprint density at radius 2 is 0.400 bits per heavy atom. The minimum absolute atomic E-state index is 0. The van der Waals surface area contributed by atoms with Crippen molar-refractivity contribution in [1.29, 1.82) is 0 Å². The van der Waals surface area contributed by atoms with Crippen molar-refractivity contribution in [2.75, 3.05) is 0 Å². The predicted molar refractivity (Wildman–Crippen MR) is 21.1 cm³/mol. The third kappa shape index (κ3) is 126. The molecule has 0 fully saturated rings. The van der Waals surface area contributed by atoms with Gasteiger partial charge in [-0.1, -0.05) is 0 Å². The minimum Gasteiger partial charge on any atom is -0.693 e. The van der Waals surface area contributed by atoms with E-state index < -0.39 is 0 Å². The first-order chi connectivity index (χ1) is 0.